The van der Waals surface area contributed by atoms with E-state index < -0.39 is 0 Å². The highest BCUT2D eigenvalue weighted by atomic mass is 16.5. The number of rotatable bonds is 5. The fourth-order valence-corrected chi connectivity index (χ4v) is 5.23. The number of amides is 1. The topological polar surface area (TPSA) is 47.4 Å². The molecule has 1 aliphatic heterocycles. The molecule has 0 aliphatic carbocycles. The van der Waals surface area contributed by atoms with Gasteiger partial charge in [-0.05, 0) is 79.8 Å². The molecular formula is C29H31N3O2. The number of ether oxygens (including phenoxy) is 1. The van der Waals surface area contributed by atoms with Crippen molar-refractivity contribution in [2.45, 2.75) is 46.6 Å². The van der Waals surface area contributed by atoms with Crippen LogP contribution >= 0.6 is 0 Å². The maximum absolute atomic E-state index is 13.1. The smallest absolute Gasteiger partial charge is 0.227 e. The summed E-state index contributed by atoms with van der Waals surface area (Å²) in [6.07, 6.45) is 0.437. The van der Waals surface area contributed by atoms with Crippen molar-refractivity contribution in [1.29, 1.82) is 0 Å². The van der Waals surface area contributed by atoms with E-state index in [2.05, 4.69) is 56.5 Å². The molecular weight excluding hydrogens is 422 g/mol. The molecule has 0 N–H and O–H groups in total. The Labute approximate surface area is 201 Å². The number of carbonyl (C=O) groups is 1. The van der Waals surface area contributed by atoms with Gasteiger partial charge in [0.05, 0.1) is 23.8 Å². The number of benzene rings is 3. The third-order valence-electron chi connectivity index (χ3n) is 7.39. The second-order valence-electron chi connectivity index (χ2n) is 9.36. The molecule has 0 spiro atoms. The second kappa shape index (κ2) is 8.64. The lowest BCUT2D eigenvalue weighted by Crippen LogP contribution is -2.25. The summed E-state index contributed by atoms with van der Waals surface area (Å²) in [6, 6.07) is 18.3. The Hall–Kier alpha value is -3.60. The molecule has 5 rings (SSSR count). The van der Waals surface area contributed by atoms with E-state index in [0.29, 0.717) is 18.7 Å². The van der Waals surface area contributed by atoms with Crippen LogP contribution in [0.15, 0.2) is 54.6 Å². The van der Waals surface area contributed by atoms with Crippen molar-refractivity contribution < 1.29 is 9.53 Å². The van der Waals surface area contributed by atoms with Crippen LogP contribution in [0, 0.1) is 27.7 Å². The first-order valence-corrected chi connectivity index (χ1v) is 11.8. The van der Waals surface area contributed by atoms with Crippen LogP contribution in [0.4, 0.5) is 5.69 Å². The van der Waals surface area contributed by atoms with E-state index in [4.69, 9.17) is 9.72 Å². The monoisotopic (exact) mass is 453 g/mol. The Kier molecular flexibility index (Phi) is 5.64. The summed E-state index contributed by atoms with van der Waals surface area (Å²) in [5.41, 5.74) is 9.51. The molecule has 0 unspecified atom stereocenters. The number of imidazole rings is 1. The summed E-state index contributed by atoms with van der Waals surface area (Å²) >= 11 is 0. The summed E-state index contributed by atoms with van der Waals surface area (Å²) in [5.74, 6) is 1.81. The first-order chi connectivity index (χ1) is 16.4. The van der Waals surface area contributed by atoms with Gasteiger partial charge < -0.3 is 14.2 Å². The Morgan fingerprint density at radius 2 is 1.65 bits per heavy atom. The largest absolute Gasteiger partial charge is 0.495 e. The van der Waals surface area contributed by atoms with Crippen LogP contribution in [0.5, 0.6) is 5.75 Å². The lowest BCUT2D eigenvalue weighted by Gasteiger charge is -2.21. The van der Waals surface area contributed by atoms with Crippen LogP contribution in [-0.4, -0.2) is 29.1 Å². The highest BCUT2D eigenvalue weighted by molar-refractivity contribution is 5.97. The fraction of sp³-hybridized carbons (Fsp3) is 0.310. The molecule has 5 heteroatoms. The van der Waals surface area contributed by atoms with Crippen molar-refractivity contribution >= 4 is 22.6 Å². The number of anilines is 1. The number of aryl methyl sites for hydroxylation is 2. The molecule has 5 nitrogen and oxygen atoms in total. The normalized spacial score (nSPS) is 16.0. The minimum Gasteiger partial charge on any atom is -0.495 e. The van der Waals surface area contributed by atoms with Gasteiger partial charge >= 0.3 is 0 Å². The first-order valence-electron chi connectivity index (χ1n) is 11.8. The summed E-state index contributed by atoms with van der Waals surface area (Å²) < 4.78 is 7.86. The molecule has 1 atom stereocenters. The summed E-state index contributed by atoms with van der Waals surface area (Å²) in [4.78, 5) is 20.0. The van der Waals surface area contributed by atoms with Crippen LogP contribution in [0.2, 0.25) is 0 Å². The van der Waals surface area contributed by atoms with E-state index in [-0.39, 0.29) is 11.8 Å². The summed E-state index contributed by atoms with van der Waals surface area (Å²) in [5, 5.41) is 0. The number of aromatic nitrogens is 2. The van der Waals surface area contributed by atoms with E-state index in [1.54, 1.807) is 7.11 Å². The van der Waals surface area contributed by atoms with E-state index in [1.165, 1.54) is 27.8 Å². The highest BCUT2D eigenvalue weighted by Crippen LogP contribution is 2.37. The maximum atomic E-state index is 13.1. The van der Waals surface area contributed by atoms with Gasteiger partial charge in [-0.3, -0.25) is 4.79 Å². The molecule has 1 amide bonds. The zero-order chi connectivity index (χ0) is 24.0. The number of para-hydroxylation sites is 4. The molecule has 0 radical (unpaired) electrons. The minimum atomic E-state index is 0.0105. The van der Waals surface area contributed by atoms with E-state index >= 15 is 0 Å². The zero-order valence-corrected chi connectivity index (χ0v) is 20.6. The Morgan fingerprint density at radius 1 is 0.971 bits per heavy atom. The average molecular weight is 454 g/mol. The molecule has 34 heavy (non-hydrogen) atoms. The Bertz CT molecular complexity index is 1380. The molecule has 1 saturated heterocycles. The van der Waals surface area contributed by atoms with Crippen LogP contribution in [0.1, 0.15) is 46.0 Å². The first kappa shape index (κ1) is 22.2. The lowest BCUT2D eigenvalue weighted by atomic mass is 9.94. The van der Waals surface area contributed by atoms with Crippen molar-refractivity contribution in [1.82, 2.24) is 9.55 Å². The van der Waals surface area contributed by atoms with Gasteiger partial charge in [-0.1, -0.05) is 30.3 Å². The molecule has 0 bridgehead atoms. The lowest BCUT2D eigenvalue weighted by molar-refractivity contribution is -0.117. The molecule has 3 aromatic carbocycles. The zero-order valence-electron chi connectivity index (χ0n) is 20.6. The number of hydrogen-bond acceptors (Lipinski definition) is 3. The predicted molar refractivity (Wildman–Crippen MR) is 137 cm³/mol. The Balaban J connectivity index is 1.59. The molecule has 1 fully saturated rings. The number of nitrogens with zero attached hydrogens (tertiary/aromatic N) is 3. The number of methoxy groups -OCH3 is 1. The van der Waals surface area contributed by atoms with Crippen molar-refractivity contribution in [3.8, 4) is 5.75 Å². The van der Waals surface area contributed by atoms with Crippen LogP contribution in [-0.2, 0) is 11.3 Å². The predicted octanol–water partition coefficient (Wildman–Crippen LogP) is 5.85. The van der Waals surface area contributed by atoms with Gasteiger partial charge in [-0.25, -0.2) is 4.98 Å². The van der Waals surface area contributed by atoms with E-state index in [9.17, 15) is 4.79 Å². The quantitative estimate of drug-likeness (QED) is 0.381. The van der Waals surface area contributed by atoms with Gasteiger partial charge in [0, 0.05) is 25.4 Å². The maximum Gasteiger partial charge on any atom is 0.227 e. The fourth-order valence-electron chi connectivity index (χ4n) is 5.23. The number of carbonyl (C=O) groups excluding carboxylic acids is 1. The Morgan fingerprint density at radius 3 is 2.38 bits per heavy atom. The van der Waals surface area contributed by atoms with Crippen LogP contribution in [0.3, 0.4) is 0 Å². The molecule has 174 valence electrons. The second-order valence-corrected chi connectivity index (χ2v) is 9.36. The van der Waals surface area contributed by atoms with Crippen molar-refractivity contribution in [3.63, 3.8) is 0 Å². The van der Waals surface area contributed by atoms with Gasteiger partial charge in [0.1, 0.15) is 11.6 Å². The third kappa shape index (κ3) is 3.65. The van der Waals surface area contributed by atoms with Crippen LogP contribution < -0.4 is 9.64 Å². The van der Waals surface area contributed by atoms with Crippen LogP contribution in [0.25, 0.3) is 11.0 Å². The molecule has 4 aromatic rings. The highest BCUT2D eigenvalue weighted by Gasteiger charge is 2.36. The van der Waals surface area contributed by atoms with Gasteiger partial charge in [0.15, 0.2) is 0 Å². The van der Waals surface area contributed by atoms with E-state index in [1.807, 2.05) is 35.2 Å². The van der Waals surface area contributed by atoms with Crippen molar-refractivity contribution in [2.75, 3.05) is 18.6 Å². The van der Waals surface area contributed by atoms with Gasteiger partial charge in [-0.2, -0.15) is 0 Å². The number of hydrogen-bond donors (Lipinski definition) is 0. The summed E-state index contributed by atoms with van der Waals surface area (Å²) in [6.45, 7) is 10.1. The third-order valence-corrected chi connectivity index (χ3v) is 7.39. The van der Waals surface area contributed by atoms with E-state index in [0.717, 1.165) is 29.1 Å². The van der Waals surface area contributed by atoms with Gasteiger partial charge in [-0.15, -0.1) is 0 Å². The molecule has 1 aromatic heterocycles. The van der Waals surface area contributed by atoms with Crippen molar-refractivity contribution in [2.24, 2.45) is 0 Å². The number of fused-ring (bicyclic) bond motifs is 1. The standard InChI is InChI=1S/C29H31N3O2/c1-18-14-19(2)21(4)23(20(18)3)17-32-25-11-7-6-10-24(25)30-29(32)22-15-28(33)31(16-22)26-12-8-9-13-27(26)34-5/h6-14,22H,15-17H2,1-5H3/t22-/m0/s1. The summed E-state index contributed by atoms with van der Waals surface area (Å²) in [7, 11) is 1.64. The molecule has 0 saturated carbocycles. The van der Waals surface area contributed by atoms with Crippen molar-refractivity contribution in [3.05, 3.63) is 88.2 Å². The minimum absolute atomic E-state index is 0.0105. The average Bonchev–Trinajstić information content (AvgIpc) is 3.40. The van der Waals surface area contributed by atoms with Gasteiger partial charge in [0.2, 0.25) is 5.91 Å². The van der Waals surface area contributed by atoms with Gasteiger partial charge in [0.25, 0.3) is 0 Å². The molecule has 1 aliphatic rings. The molecule has 2 heterocycles. The SMILES string of the molecule is COc1ccccc1N1C[C@@H](c2nc3ccccc3n2Cc2c(C)c(C)cc(C)c2C)CC1=O.